The number of nitrogens with zero attached hydrogens (tertiary/aromatic N) is 3. The maximum absolute atomic E-state index is 8.79. The molecule has 0 spiro atoms. The van der Waals surface area contributed by atoms with Gasteiger partial charge in [-0.2, -0.15) is 0 Å². The third kappa shape index (κ3) is 2.20. The van der Waals surface area contributed by atoms with Crippen LogP contribution in [0.3, 0.4) is 0 Å². The first-order valence-electron chi connectivity index (χ1n) is 4.99. The summed E-state index contributed by atoms with van der Waals surface area (Å²) >= 11 is 0. The zero-order valence-corrected chi connectivity index (χ0v) is 9.00. The SMILES string of the molecule is CN(CCO)c1ncc(-c2ccco2)cn1. The molecule has 2 aromatic rings. The number of aromatic nitrogens is 2. The first-order chi connectivity index (χ1) is 7.81. The second kappa shape index (κ2) is 4.76. The van der Waals surface area contributed by atoms with E-state index in [0.29, 0.717) is 12.5 Å². The van der Waals surface area contributed by atoms with Crippen LogP contribution in [-0.2, 0) is 0 Å². The molecule has 0 bridgehead atoms. The average molecular weight is 219 g/mol. The molecule has 0 atom stereocenters. The molecule has 0 aliphatic heterocycles. The number of anilines is 1. The van der Waals surface area contributed by atoms with Crippen LogP contribution in [0.1, 0.15) is 0 Å². The highest BCUT2D eigenvalue weighted by atomic mass is 16.3. The molecule has 16 heavy (non-hydrogen) atoms. The van der Waals surface area contributed by atoms with Gasteiger partial charge >= 0.3 is 0 Å². The molecule has 0 amide bonds. The summed E-state index contributed by atoms with van der Waals surface area (Å²) in [6, 6.07) is 3.68. The summed E-state index contributed by atoms with van der Waals surface area (Å²) in [5, 5.41) is 8.79. The molecule has 0 radical (unpaired) electrons. The topological polar surface area (TPSA) is 62.4 Å². The number of aliphatic hydroxyl groups is 1. The van der Waals surface area contributed by atoms with E-state index in [-0.39, 0.29) is 6.61 Å². The molecule has 0 saturated carbocycles. The van der Waals surface area contributed by atoms with E-state index in [1.54, 1.807) is 23.6 Å². The molecule has 2 heterocycles. The minimum atomic E-state index is 0.0831. The fourth-order valence-corrected chi connectivity index (χ4v) is 1.34. The lowest BCUT2D eigenvalue weighted by Crippen LogP contribution is -2.23. The lowest BCUT2D eigenvalue weighted by atomic mass is 10.3. The van der Waals surface area contributed by atoms with Gasteiger partial charge in [-0.3, -0.25) is 0 Å². The van der Waals surface area contributed by atoms with E-state index < -0.39 is 0 Å². The lowest BCUT2D eigenvalue weighted by Gasteiger charge is -2.14. The van der Waals surface area contributed by atoms with Gasteiger partial charge in [0.1, 0.15) is 5.76 Å². The van der Waals surface area contributed by atoms with Gasteiger partial charge in [0.25, 0.3) is 0 Å². The largest absolute Gasteiger partial charge is 0.464 e. The molecule has 5 nitrogen and oxygen atoms in total. The van der Waals surface area contributed by atoms with Gasteiger partial charge in [0.05, 0.1) is 18.4 Å². The Morgan fingerprint density at radius 3 is 2.69 bits per heavy atom. The Kier molecular flexibility index (Phi) is 3.16. The van der Waals surface area contributed by atoms with Crippen molar-refractivity contribution < 1.29 is 9.52 Å². The van der Waals surface area contributed by atoms with Gasteiger partial charge in [-0.05, 0) is 12.1 Å². The van der Waals surface area contributed by atoms with Crippen LogP contribution in [0, 0.1) is 0 Å². The van der Waals surface area contributed by atoms with Crippen molar-refractivity contribution in [1.82, 2.24) is 9.97 Å². The summed E-state index contributed by atoms with van der Waals surface area (Å²) in [7, 11) is 1.83. The van der Waals surface area contributed by atoms with Crippen LogP contribution in [0.5, 0.6) is 0 Å². The maximum atomic E-state index is 8.79. The third-order valence-corrected chi connectivity index (χ3v) is 2.22. The Morgan fingerprint density at radius 1 is 1.38 bits per heavy atom. The van der Waals surface area contributed by atoms with Crippen molar-refractivity contribution in [1.29, 1.82) is 0 Å². The molecule has 0 aliphatic carbocycles. The summed E-state index contributed by atoms with van der Waals surface area (Å²) in [5.74, 6) is 1.33. The van der Waals surface area contributed by atoms with Crippen molar-refractivity contribution >= 4 is 5.95 Å². The van der Waals surface area contributed by atoms with Gasteiger partial charge in [-0.15, -0.1) is 0 Å². The van der Waals surface area contributed by atoms with Crippen molar-refractivity contribution in [3.8, 4) is 11.3 Å². The molecule has 0 saturated heterocycles. The fourth-order valence-electron chi connectivity index (χ4n) is 1.34. The van der Waals surface area contributed by atoms with E-state index in [4.69, 9.17) is 9.52 Å². The zero-order valence-electron chi connectivity index (χ0n) is 9.00. The summed E-state index contributed by atoms with van der Waals surface area (Å²) in [4.78, 5) is 10.2. The predicted octanol–water partition coefficient (Wildman–Crippen LogP) is 1.17. The van der Waals surface area contributed by atoms with Gasteiger partial charge < -0.3 is 14.4 Å². The van der Waals surface area contributed by atoms with Crippen molar-refractivity contribution in [2.24, 2.45) is 0 Å². The quantitative estimate of drug-likeness (QED) is 0.836. The van der Waals surface area contributed by atoms with Crippen LogP contribution >= 0.6 is 0 Å². The molecular formula is C11H13N3O2. The predicted molar refractivity (Wildman–Crippen MR) is 60.1 cm³/mol. The molecule has 0 fully saturated rings. The molecule has 2 rings (SSSR count). The zero-order chi connectivity index (χ0) is 11.4. The highest BCUT2D eigenvalue weighted by molar-refractivity contribution is 5.55. The Morgan fingerprint density at radius 2 is 2.12 bits per heavy atom. The van der Waals surface area contributed by atoms with Crippen molar-refractivity contribution in [3.05, 3.63) is 30.8 Å². The highest BCUT2D eigenvalue weighted by Crippen LogP contribution is 2.18. The lowest BCUT2D eigenvalue weighted by molar-refractivity contribution is 0.303. The summed E-state index contributed by atoms with van der Waals surface area (Å²) in [6.45, 7) is 0.597. The van der Waals surface area contributed by atoms with Gasteiger partial charge in [0.2, 0.25) is 5.95 Å². The molecule has 1 N–H and O–H groups in total. The molecule has 0 aliphatic rings. The maximum Gasteiger partial charge on any atom is 0.225 e. The van der Waals surface area contributed by atoms with Gasteiger partial charge in [0, 0.05) is 26.0 Å². The Hall–Kier alpha value is -1.88. The molecule has 0 aromatic carbocycles. The summed E-state index contributed by atoms with van der Waals surface area (Å²) in [6.07, 6.45) is 5.02. The standard InChI is InChI=1S/C11H13N3O2/c1-14(4-5-15)11-12-7-9(8-13-11)10-3-2-6-16-10/h2-3,6-8,15H,4-5H2,1H3. The van der Waals surface area contributed by atoms with Crippen molar-refractivity contribution in [3.63, 3.8) is 0 Å². The van der Waals surface area contributed by atoms with Crippen LogP contribution < -0.4 is 4.90 Å². The van der Waals surface area contributed by atoms with Crippen LogP contribution in [0.2, 0.25) is 0 Å². The molecular weight excluding hydrogens is 206 g/mol. The van der Waals surface area contributed by atoms with Gasteiger partial charge in [-0.1, -0.05) is 0 Å². The van der Waals surface area contributed by atoms with Crippen molar-refractivity contribution in [2.75, 3.05) is 25.1 Å². The number of aliphatic hydroxyl groups excluding tert-OH is 1. The van der Waals surface area contributed by atoms with E-state index >= 15 is 0 Å². The van der Waals surface area contributed by atoms with E-state index in [9.17, 15) is 0 Å². The second-order valence-electron chi connectivity index (χ2n) is 3.39. The third-order valence-electron chi connectivity index (χ3n) is 2.22. The van der Waals surface area contributed by atoms with Crippen LogP contribution in [-0.4, -0.2) is 35.3 Å². The first kappa shape index (κ1) is 10.6. The number of rotatable bonds is 4. The molecule has 2 aromatic heterocycles. The highest BCUT2D eigenvalue weighted by Gasteiger charge is 2.05. The van der Waals surface area contributed by atoms with Crippen molar-refractivity contribution in [2.45, 2.75) is 0 Å². The van der Waals surface area contributed by atoms with E-state index in [1.807, 2.05) is 19.2 Å². The monoisotopic (exact) mass is 219 g/mol. The van der Waals surface area contributed by atoms with Crippen LogP contribution in [0.25, 0.3) is 11.3 Å². The Bertz CT molecular complexity index is 425. The smallest absolute Gasteiger partial charge is 0.225 e. The minimum absolute atomic E-state index is 0.0831. The van der Waals surface area contributed by atoms with Gasteiger partial charge in [0.15, 0.2) is 0 Å². The Labute approximate surface area is 93.4 Å². The molecule has 5 heteroatoms. The fraction of sp³-hybridized carbons (Fsp3) is 0.273. The van der Waals surface area contributed by atoms with E-state index in [2.05, 4.69) is 9.97 Å². The first-order valence-corrected chi connectivity index (χ1v) is 4.99. The normalized spacial score (nSPS) is 10.4. The number of hydrogen-bond acceptors (Lipinski definition) is 5. The minimum Gasteiger partial charge on any atom is -0.464 e. The van der Waals surface area contributed by atoms with E-state index in [0.717, 1.165) is 11.3 Å². The van der Waals surface area contributed by atoms with Crippen LogP contribution in [0.15, 0.2) is 35.2 Å². The van der Waals surface area contributed by atoms with Crippen LogP contribution in [0.4, 0.5) is 5.95 Å². The molecule has 84 valence electrons. The summed E-state index contributed by atoms with van der Waals surface area (Å²) in [5.41, 5.74) is 0.839. The average Bonchev–Trinajstić information content (AvgIpc) is 2.83. The summed E-state index contributed by atoms with van der Waals surface area (Å²) < 4.78 is 5.23. The number of likely N-dealkylation sites (N-methyl/N-ethyl adjacent to an activating group) is 1. The molecule has 0 unspecified atom stereocenters. The second-order valence-corrected chi connectivity index (χ2v) is 3.39. The number of hydrogen-bond donors (Lipinski definition) is 1. The van der Waals surface area contributed by atoms with Gasteiger partial charge in [-0.25, -0.2) is 9.97 Å². The van der Waals surface area contributed by atoms with E-state index in [1.165, 1.54) is 0 Å². The Balaban J connectivity index is 2.16. The number of furan rings is 1.